The minimum atomic E-state index is -0.201. The number of benzene rings is 2. The summed E-state index contributed by atoms with van der Waals surface area (Å²) in [6, 6.07) is 14.7. The van der Waals surface area contributed by atoms with Crippen LogP contribution in [0.2, 0.25) is 0 Å². The summed E-state index contributed by atoms with van der Waals surface area (Å²) in [6.45, 7) is 10.3. The van der Waals surface area contributed by atoms with Gasteiger partial charge in [-0.15, -0.1) is 0 Å². The van der Waals surface area contributed by atoms with Gasteiger partial charge in [-0.25, -0.2) is 4.39 Å². The van der Waals surface area contributed by atoms with E-state index in [2.05, 4.69) is 45.0 Å². The maximum absolute atomic E-state index is 12.7. The fourth-order valence-electron chi connectivity index (χ4n) is 1.44. The Hall–Kier alpha value is -1.89. The van der Waals surface area contributed by atoms with Gasteiger partial charge in [0.1, 0.15) is 5.82 Å². The first-order chi connectivity index (χ1) is 10.2. The summed E-state index contributed by atoms with van der Waals surface area (Å²) in [6.07, 6.45) is 5.25. The van der Waals surface area contributed by atoms with Crippen molar-refractivity contribution in [1.82, 2.24) is 0 Å². The first kappa shape index (κ1) is 19.1. The van der Waals surface area contributed by atoms with Crippen molar-refractivity contribution in [3.8, 4) is 0 Å². The molecule has 0 saturated heterocycles. The van der Waals surface area contributed by atoms with Crippen molar-refractivity contribution in [3.05, 3.63) is 71.0 Å². The van der Waals surface area contributed by atoms with Crippen molar-refractivity contribution >= 4 is 12.2 Å². The molecule has 2 rings (SSSR count). The van der Waals surface area contributed by atoms with E-state index in [-0.39, 0.29) is 5.82 Å². The number of hydrogen-bond donors (Lipinski definition) is 0. The first-order valence-electron chi connectivity index (χ1n) is 7.66. The van der Waals surface area contributed by atoms with Gasteiger partial charge in [0, 0.05) is 0 Å². The molecule has 21 heavy (non-hydrogen) atoms. The third-order valence-corrected chi connectivity index (χ3v) is 2.42. The van der Waals surface area contributed by atoms with Gasteiger partial charge in [0.15, 0.2) is 0 Å². The zero-order valence-corrected chi connectivity index (χ0v) is 13.9. The second-order valence-electron chi connectivity index (χ2n) is 4.50. The summed E-state index contributed by atoms with van der Waals surface area (Å²) in [4.78, 5) is 0. The summed E-state index contributed by atoms with van der Waals surface area (Å²) < 4.78 is 12.7. The molecule has 0 saturated carbocycles. The Morgan fingerprint density at radius 3 is 1.48 bits per heavy atom. The van der Waals surface area contributed by atoms with Gasteiger partial charge in [0.2, 0.25) is 0 Å². The van der Waals surface area contributed by atoms with Gasteiger partial charge in [-0.1, -0.05) is 88.2 Å². The molecule has 0 aliphatic heterocycles. The summed E-state index contributed by atoms with van der Waals surface area (Å²) in [5, 5.41) is 0. The standard InChI is InChI=1S/C15H13F.C3H8.C2H6/c1-12-2-4-13(5-3-12)6-7-14-8-10-15(16)11-9-14;1-3-2;1-2/h2-11H,1H3;3H2,1-2H3;1-2H3/b7-6+;;. The Morgan fingerprint density at radius 1 is 0.762 bits per heavy atom. The van der Waals surface area contributed by atoms with E-state index in [1.54, 1.807) is 12.1 Å². The predicted octanol–water partition coefficient (Wildman–Crippen LogP) is 6.75. The molecule has 0 radical (unpaired) electrons. The minimum absolute atomic E-state index is 0.201. The molecule has 2 aromatic carbocycles. The van der Waals surface area contributed by atoms with Crippen LogP contribution in [0.5, 0.6) is 0 Å². The quantitative estimate of drug-likeness (QED) is 0.536. The Bertz CT molecular complexity index is 445. The fourth-order valence-corrected chi connectivity index (χ4v) is 1.44. The average Bonchev–Trinajstić information content (AvgIpc) is 2.51. The molecule has 0 bridgehead atoms. The van der Waals surface area contributed by atoms with Crippen molar-refractivity contribution < 1.29 is 4.39 Å². The maximum atomic E-state index is 12.7. The summed E-state index contributed by atoms with van der Waals surface area (Å²) in [7, 11) is 0. The van der Waals surface area contributed by atoms with E-state index < -0.39 is 0 Å². The molecule has 0 nitrogen and oxygen atoms in total. The van der Waals surface area contributed by atoms with Crippen LogP contribution in [0.1, 0.15) is 50.8 Å². The molecule has 114 valence electrons. The number of hydrogen-bond acceptors (Lipinski definition) is 0. The van der Waals surface area contributed by atoms with E-state index in [0.717, 1.165) is 11.1 Å². The number of halogens is 1. The van der Waals surface area contributed by atoms with Crippen molar-refractivity contribution in [2.24, 2.45) is 0 Å². The van der Waals surface area contributed by atoms with E-state index in [9.17, 15) is 4.39 Å². The van der Waals surface area contributed by atoms with Crippen molar-refractivity contribution in [1.29, 1.82) is 0 Å². The molecule has 0 aliphatic rings. The minimum Gasteiger partial charge on any atom is -0.207 e. The highest BCUT2D eigenvalue weighted by molar-refractivity contribution is 5.69. The van der Waals surface area contributed by atoms with Crippen molar-refractivity contribution in [2.45, 2.75) is 41.0 Å². The largest absolute Gasteiger partial charge is 0.207 e. The molecule has 0 N–H and O–H groups in total. The molecular formula is C20H27F. The SMILES string of the molecule is CC.CCC.Cc1ccc(/C=C/c2ccc(F)cc2)cc1. The van der Waals surface area contributed by atoms with Crippen molar-refractivity contribution in [2.75, 3.05) is 0 Å². The van der Waals surface area contributed by atoms with Gasteiger partial charge in [-0.2, -0.15) is 0 Å². The second kappa shape index (κ2) is 11.9. The van der Waals surface area contributed by atoms with E-state index in [4.69, 9.17) is 0 Å². The van der Waals surface area contributed by atoms with Crippen LogP contribution in [0.3, 0.4) is 0 Å². The van der Waals surface area contributed by atoms with E-state index in [1.165, 1.54) is 24.1 Å². The Morgan fingerprint density at radius 2 is 1.10 bits per heavy atom. The maximum Gasteiger partial charge on any atom is 0.123 e. The van der Waals surface area contributed by atoms with Gasteiger partial charge >= 0.3 is 0 Å². The van der Waals surface area contributed by atoms with Crippen molar-refractivity contribution in [3.63, 3.8) is 0 Å². The second-order valence-corrected chi connectivity index (χ2v) is 4.50. The monoisotopic (exact) mass is 286 g/mol. The summed E-state index contributed by atoms with van der Waals surface area (Å²) in [5.74, 6) is -0.201. The summed E-state index contributed by atoms with van der Waals surface area (Å²) in [5.41, 5.74) is 3.40. The van der Waals surface area contributed by atoms with E-state index in [1.807, 2.05) is 26.0 Å². The van der Waals surface area contributed by atoms with Crippen LogP contribution in [0.4, 0.5) is 4.39 Å². The number of aryl methyl sites for hydroxylation is 1. The van der Waals surface area contributed by atoms with Crippen LogP contribution in [-0.2, 0) is 0 Å². The molecule has 0 aliphatic carbocycles. The highest BCUT2D eigenvalue weighted by Crippen LogP contribution is 2.10. The Kier molecular flexibility index (Phi) is 10.8. The van der Waals surface area contributed by atoms with E-state index >= 15 is 0 Å². The van der Waals surface area contributed by atoms with Crippen LogP contribution in [0.15, 0.2) is 48.5 Å². The molecule has 2 aromatic rings. The third kappa shape index (κ3) is 8.80. The lowest BCUT2D eigenvalue weighted by Crippen LogP contribution is -1.76. The molecule has 0 spiro atoms. The lowest BCUT2D eigenvalue weighted by atomic mass is 10.1. The molecule has 0 unspecified atom stereocenters. The van der Waals surface area contributed by atoms with Crippen LogP contribution in [0.25, 0.3) is 12.2 Å². The highest BCUT2D eigenvalue weighted by atomic mass is 19.1. The zero-order valence-electron chi connectivity index (χ0n) is 13.9. The van der Waals surface area contributed by atoms with Gasteiger partial charge in [-0.05, 0) is 30.2 Å². The van der Waals surface area contributed by atoms with Gasteiger partial charge in [-0.3, -0.25) is 0 Å². The van der Waals surface area contributed by atoms with Gasteiger partial charge < -0.3 is 0 Å². The van der Waals surface area contributed by atoms with E-state index in [0.29, 0.717) is 0 Å². The topological polar surface area (TPSA) is 0 Å². The lowest BCUT2D eigenvalue weighted by molar-refractivity contribution is 0.628. The fraction of sp³-hybridized carbons (Fsp3) is 0.300. The smallest absolute Gasteiger partial charge is 0.123 e. The number of rotatable bonds is 2. The molecular weight excluding hydrogens is 259 g/mol. The van der Waals surface area contributed by atoms with Crippen LogP contribution in [0, 0.1) is 12.7 Å². The normalized spacial score (nSPS) is 9.43. The third-order valence-electron chi connectivity index (χ3n) is 2.42. The predicted molar refractivity (Wildman–Crippen MR) is 93.8 cm³/mol. The van der Waals surface area contributed by atoms with Crippen LogP contribution >= 0.6 is 0 Å². The molecule has 0 fully saturated rings. The zero-order chi connectivity index (χ0) is 16.1. The molecule has 1 heteroatoms. The molecule has 0 heterocycles. The lowest BCUT2D eigenvalue weighted by Gasteiger charge is -1.95. The molecule has 0 aromatic heterocycles. The first-order valence-corrected chi connectivity index (χ1v) is 7.66. The Labute approximate surface area is 129 Å². The molecule has 0 atom stereocenters. The summed E-state index contributed by atoms with van der Waals surface area (Å²) >= 11 is 0. The van der Waals surface area contributed by atoms with Crippen LogP contribution < -0.4 is 0 Å². The average molecular weight is 286 g/mol. The van der Waals surface area contributed by atoms with Gasteiger partial charge in [0.25, 0.3) is 0 Å². The Balaban J connectivity index is 0.000000713. The van der Waals surface area contributed by atoms with Gasteiger partial charge in [0.05, 0.1) is 0 Å². The highest BCUT2D eigenvalue weighted by Gasteiger charge is 1.90. The molecule has 0 amide bonds. The van der Waals surface area contributed by atoms with Crippen LogP contribution in [-0.4, -0.2) is 0 Å².